The maximum atomic E-state index is 13.4. The molecule has 0 aliphatic carbocycles. The van der Waals surface area contributed by atoms with Crippen LogP contribution in [-0.2, 0) is 9.53 Å². The van der Waals surface area contributed by atoms with Crippen molar-refractivity contribution in [3.63, 3.8) is 0 Å². The van der Waals surface area contributed by atoms with Gasteiger partial charge in [0.15, 0.2) is 0 Å². The van der Waals surface area contributed by atoms with Gasteiger partial charge < -0.3 is 10.1 Å². The Morgan fingerprint density at radius 2 is 1.95 bits per heavy atom. The molecule has 0 unspecified atom stereocenters. The molecule has 0 aromatic heterocycles. The number of ether oxygens (including phenoxy) is 1. The number of carbonyl (C=O) groups excluding carboxylic acids is 2. The summed E-state index contributed by atoms with van der Waals surface area (Å²) in [6, 6.07) is 2.69. The summed E-state index contributed by atoms with van der Waals surface area (Å²) in [5.41, 5.74) is -1.12. The number of halogens is 2. The van der Waals surface area contributed by atoms with Crippen LogP contribution in [0.25, 0.3) is 0 Å². The van der Waals surface area contributed by atoms with Gasteiger partial charge in [0.05, 0.1) is 11.1 Å². The van der Waals surface area contributed by atoms with Crippen LogP contribution in [0.2, 0.25) is 0 Å². The van der Waals surface area contributed by atoms with E-state index in [9.17, 15) is 18.4 Å². The standard InChI is InChI=1S/C13H15F2NO3/c1-8(17)19-7-13(2,3)16-12(18)10-5-4-9(14)6-11(10)15/h4-6H,7H2,1-3H3,(H,16,18). The van der Waals surface area contributed by atoms with E-state index in [1.54, 1.807) is 13.8 Å². The Hall–Kier alpha value is -1.98. The summed E-state index contributed by atoms with van der Waals surface area (Å²) in [5.74, 6) is -2.88. The molecule has 1 aromatic carbocycles. The van der Waals surface area contributed by atoms with Gasteiger partial charge in [0.2, 0.25) is 0 Å². The van der Waals surface area contributed by atoms with Gasteiger partial charge >= 0.3 is 5.97 Å². The highest BCUT2D eigenvalue weighted by molar-refractivity contribution is 5.94. The van der Waals surface area contributed by atoms with Crippen molar-refractivity contribution in [1.82, 2.24) is 5.32 Å². The van der Waals surface area contributed by atoms with Crippen molar-refractivity contribution in [2.45, 2.75) is 26.3 Å². The molecular formula is C13H15F2NO3. The predicted molar refractivity (Wildman–Crippen MR) is 64.5 cm³/mol. The molecule has 0 fully saturated rings. The second kappa shape index (κ2) is 5.77. The van der Waals surface area contributed by atoms with E-state index >= 15 is 0 Å². The van der Waals surface area contributed by atoms with Crippen molar-refractivity contribution in [2.75, 3.05) is 6.61 Å². The molecule has 0 atom stereocenters. The van der Waals surface area contributed by atoms with E-state index in [1.165, 1.54) is 6.92 Å². The number of hydrogen-bond donors (Lipinski definition) is 1. The van der Waals surface area contributed by atoms with Gasteiger partial charge in [-0.2, -0.15) is 0 Å². The third-order valence-corrected chi connectivity index (χ3v) is 2.26. The molecule has 0 spiro atoms. The van der Waals surface area contributed by atoms with Crippen molar-refractivity contribution in [1.29, 1.82) is 0 Å². The largest absolute Gasteiger partial charge is 0.463 e. The summed E-state index contributed by atoms with van der Waals surface area (Å²) in [4.78, 5) is 22.5. The molecule has 1 N–H and O–H groups in total. The van der Waals surface area contributed by atoms with Crippen LogP contribution in [0.15, 0.2) is 18.2 Å². The summed E-state index contributed by atoms with van der Waals surface area (Å²) in [7, 11) is 0. The van der Waals surface area contributed by atoms with Crippen LogP contribution in [0.4, 0.5) is 8.78 Å². The lowest BCUT2D eigenvalue weighted by Crippen LogP contribution is -2.47. The van der Waals surface area contributed by atoms with E-state index in [-0.39, 0.29) is 12.2 Å². The molecule has 0 bridgehead atoms. The Kier molecular flexibility index (Phi) is 4.58. The minimum atomic E-state index is -0.944. The Labute approximate surface area is 109 Å². The third-order valence-electron chi connectivity index (χ3n) is 2.26. The van der Waals surface area contributed by atoms with Crippen molar-refractivity contribution in [2.24, 2.45) is 0 Å². The fraction of sp³-hybridized carbons (Fsp3) is 0.385. The molecule has 0 aliphatic heterocycles. The van der Waals surface area contributed by atoms with Crippen molar-refractivity contribution < 1.29 is 23.1 Å². The lowest BCUT2D eigenvalue weighted by molar-refractivity contribution is -0.142. The highest BCUT2D eigenvalue weighted by Crippen LogP contribution is 2.12. The summed E-state index contributed by atoms with van der Waals surface area (Å²) < 4.78 is 30.9. The fourth-order valence-corrected chi connectivity index (χ4v) is 1.37. The van der Waals surface area contributed by atoms with Gasteiger partial charge in [-0.1, -0.05) is 0 Å². The van der Waals surface area contributed by atoms with E-state index in [4.69, 9.17) is 4.74 Å². The average molecular weight is 271 g/mol. The number of hydrogen-bond acceptors (Lipinski definition) is 3. The molecule has 1 rings (SSSR count). The Morgan fingerprint density at radius 3 is 2.47 bits per heavy atom. The van der Waals surface area contributed by atoms with Gasteiger partial charge in [-0.15, -0.1) is 0 Å². The second-order valence-electron chi connectivity index (χ2n) is 4.74. The first-order valence-electron chi connectivity index (χ1n) is 5.62. The number of amides is 1. The Balaban J connectivity index is 2.75. The number of rotatable bonds is 4. The van der Waals surface area contributed by atoms with Crippen LogP contribution in [0.5, 0.6) is 0 Å². The Morgan fingerprint density at radius 1 is 1.32 bits per heavy atom. The Bertz CT molecular complexity index is 501. The van der Waals surface area contributed by atoms with Gasteiger partial charge in [-0.3, -0.25) is 9.59 Å². The average Bonchev–Trinajstić information content (AvgIpc) is 2.25. The number of esters is 1. The van der Waals surface area contributed by atoms with E-state index in [0.717, 1.165) is 12.1 Å². The molecule has 1 aromatic rings. The minimum Gasteiger partial charge on any atom is -0.463 e. The van der Waals surface area contributed by atoms with Gasteiger partial charge in [0.1, 0.15) is 18.2 Å². The number of carbonyl (C=O) groups is 2. The second-order valence-corrected chi connectivity index (χ2v) is 4.74. The van der Waals surface area contributed by atoms with Gasteiger partial charge in [-0.05, 0) is 26.0 Å². The number of nitrogens with one attached hydrogen (secondary N) is 1. The van der Waals surface area contributed by atoms with E-state index in [2.05, 4.69) is 5.32 Å². The molecule has 4 nitrogen and oxygen atoms in total. The summed E-state index contributed by atoms with van der Waals surface area (Å²) in [6.45, 7) is 4.44. The van der Waals surface area contributed by atoms with Crippen molar-refractivity contribution in [3.8, 4) is 0 Å². The summed E-state index contributed by atoms with van der Waals surface area (Å²) in [5, 5.41) is 2.51. The lowest BCUT2D eigenvalue weighted by atomic mass is 10.1. The molecule has 0 saturated carbocycles. The van der Waals surface area contributed by atoms with Crippen molar-refractivity contribution >= 4 is 11.9 Å². The van der Waals surface area contributed by atoms with E-state index in [0.29, 0.717) is 6.07 Å². The molecule has 1 amide bonds. The zero-order chi connectivity index (χ0) is 14.6. The molecule has 0 radical (unpaired) electrons. The van der Waals surface area contributed by atoms with E-state index in [1.807, 2.05) is 0 Å². The molecule has 0 aliphatic rings. The van der Waals surface area contributed by atoms with Crippen LogP contribution >= 0.6 is 0 Å². The quantitative estimate of drug-likeness (QED) is 0.852. The maximum Gasteiger partial charge on any atom is 0.302 e. The topological polar surface area (TPSA) is 55.4 Å². The summed E-state index contributed by atoms with van der Waals surface area (Å²) >= 11 is 0. The van der Waals surface area contributed by atoms with Crippen LogP contribution in [-0.4, -0.2) is 24.0 Å². The minimum absolute atomic E-state index is 0.0448. The van der Waals surface area contributed by atoms with Crippen LogP contribution < -0.4 is 5.32 Å². The molecule has 104 valence electrons. The third kappa shape index (κ3) is 4.65. The smallest absolute Gasteiger partial charge is 0.302 e. The maximum absolute atomic E-state index is 13.4. The monoisotopic (exact) mass is 271 g/mol. The lowest BCUT2D eigenvalue weighted by Gasteiger charge is -2.25. The van der Waals surface area contributed by atoms with Crippen LogP contribution in [0.1, 0.15) is 31.1 Å². The zero-order valence-electron chi connectivity index (χ0n) is 10.9. The first kappa shape index (κ1) is 15.1. The summed E-state index contributed by atoms with van der Waals surface area (Å²) in [6.07, 6.45) is 0. The SMILES string of the molecule is CC(=O)OCC(C)(C)NC(=O)c1ccc(F)cc1F. The predicted octanol–water partition coefficient (Wildman–Crippen LogP) is 2.04. The normalized spacial score (nSPS) is 11.0. The van der Waals surface area contributed by atoms with Gasteiger partial charge in [-0.25, -0.2) is 8.78 Å². The van der Waals surface area contributed by atoms with Crippen LogP contribution in [0, 0.1) is 11.6 Å². The zero-order valence-corrected chi connectivity index (χ0v) is 10.9. The van der Waals surface area contributed by atoms with E-state index < -0.39 is 29.0 Å². The van der Waals surface area contributed by atoms with Gasteiger partial charge in [0, 0.05) is 13.0 Å². The molecule has 0 heterocycles. The molecule has 6 heteroatoms. The first-order chi connectivity index (χ1) is 8.71. The highest BCUT2D eigenvalue weighted by atomic mass is 19.1. The van der Waals surface area contributed by atoms with Crippen LogP contribution in [0.3, 0.4) is 0 Å². The van der Waals surface area contributed by atoms with Crippen molar-refractivity contribution in [3.05, 3.63) is 35.4 Å². The first-order valence-corrected chi connectivity index (χ1v) is 5.62. The molecule has 19 heavy (non-hydrogen) atoms. The fourth-order valence-electron chi connectivity index (χ4n) is 1.37. The molecular weight excluding hydrogens is 256 g/mol. The molecule has 0 saturated heterocycles. The van der Waals surface area contributed by atoms with Gasteiger partial charge in [0.25, 0.3) is 5.91 Å². The highest BCUT2D eigenvalue weighted by Gasteiger charge is 2.24. The number of benzene rings is 1.